The van der Waals surface area contributed by atoms with Crippen molar-refractivity contribution in [2.45, 2.75) is 26.3 Å². The molecule has 0 fully saturated rings. The Labute approximate surface area is 122 Å². The molecule has 0 aliphatic heterocycles. The number of urea groups is 1. The number of carbonyl (C=O) groups is 2. The zero-order valence-electron chi connectivity index (χ0n) is 12.5. The van der Waals surface area contributed by atoms with Crippen LogP contribution >= 0.6 is 0 Å². The number of halogens is 2. The summed E-state index contributed by atoms with van der Waals surface area (Å²) in [6.07, 6.45) is 0. The molecular weight excluding hydrogens is 280 g/mol. The van der Waals surface area contributed by atoms with Gasteiger partial charge < -0.3 is 15.5 Å². The summed E-state index contributed by atoms with van der Waals surface area (Å²) in [4.78, 5) is 24.5. The zero-order chi connectivity index (χ0) is 16.2. The molecule has 0 aliphatic rings. The first-order chi connectivity index (χ1) is 9.60. The second kappa shape index (κ2) is 6.51. The lowest BCUT2D eigenvalue weighted by Crippen LogP contribution is -2.47. The van der Waals surface area contributed by atoms with Gasteiger partial charge in [0.15, 0.2) is 0 Å². The van der Waals surface area contributed by atoms with Gasteiger partial charge in [-0.25, -0.2) is 13.6 Å². The second-order valence-corrected chi connectivity index (χ2v) is 5.68. The van der Waals surface area contributed by atoms with Crippen LogP contribution in [0.3, 0.4) is 0 Å². The summed E-state index contributed by atoms with van der Waals surface area (Å²) in [5.41, 5.74) is -0.961. The van der Waals surface area contributed by atoms with Crippen molar-refractivity contribution >= 4 is 17.6 Å². The molecule has 7 heteroatoms. The number of nitrogens with zero attached hydrogens (tertiary/aromatic N) is 1. The van der Waals surface area contributed by atoms with Gasteiger partial charge in [0, 0.05) is 12.6 Å². The number of likely N-dealkylation sites (N-methyl/N-ethyl adjacent to an activating group) is 1. The third kappa shape index (κ3) is 5.37. The van der Waals surface area contributed by atoms with Crippen molar-refractivity contribution in [3.8, 4) is 0 Å². The number of benzene rings is 1. The Balaban J connectivity index is 2.65. The van der Waals surface area contributed by atoms with Crippen molar-refractivity contribution in [2.75, 3.05) is 18.9 Å². The third-order valence-corrected chi connectivity index (χ3v) is 2.44. The molecule has 0 aliphatic carbocycles. The number of para-hydroxylation sites is 1. The number of hydrogen-bond donors (Lipinski definition) is 2. The van der Waals surface area contributed by atoms with Crippen molar-refractivity contribution < 1.29 is 18.4 Å². The molecule has 0 unspecified atom stereocenters. The van der Waals surface area contributed by atoms with Gasteiger partial charge in [-0.3, -0.25) is 4.79 Å². The normalized spacial score (nSPS) is 11.0. The molecule has 116 valence electrons. The average molecular weight is 299 g/mol. The first kappa shape index (κ1) is 16.9. The number of amides is 3. The monoisotopic (exact) mass is 299 g/mol. The molecule has 0 saturated heterocycles. The van der Waals surface area contributed by atoms with Gasteiger partial charge in [0.05, 0.1) is 0 Å². The van der Waals surface area contributed by atoms with E-state index in [9.17, 15) is 18.4 Å². The Hall–Kier alpha value is -2.18. The molecule has 0 aromatic heterocycles. The van der Waals surface area contributed by atoms with Crippen LogP contribution in [0.2, 0.25) is 0 Å². The van der Waals surface area contributed by atoms with Gasteiger partial charge in [-0.1, -0.05) is 6.07 Å². The van der Waals surface area contributed by atoms with E-state index in [2.05, 4.69) is 10.6 Å². The summed E-state index contributed by atoms with van der Waals surface area (Å²) in [5.74, 6) is -2.12. The topological polar surface area (TPSA) is 61.4 Å². The largest absolute Gasteiger partial charge is 0.350 e. The number of carbonyl (C=O) groups excluding carboxylic acids is 2. The maximum atomic E-state index is 13.4. The molecular formula is C14H19F2N3O2. The lowest BCUT2D eigenvalue weighted by atomic mass is 10.1. The standard InChI is InChI=1S/C14H19F2N3O2/c1-14(2,3)18-11(20)8-19(4)13(21)17-12-9(15)6-5-7-10(12)16/h5-7H,8H2,1-4H3,(H,17,21)(H,18,20). The summed E-state index contributed by atoms with van der Waals surface area (Å²) in [7, 11) is 1.36. The van der Waals surface area contributed by atoms with Crippen molar-refractivity contribution in [2.24, 2.45) is 0 Å². The Morgan fingerprint density at radius 1 is 1.19 bits per heavy atom. The molecule has 21 heavy (non-hydrogen) atoms. The Kier molecular flexibility index (Phi) is 5.23. The summed E-state index contributed by atoms with van der Waals surface area (Å²) >= 11 is 0. The first-order valence-electron chi connectivity index (χ1n) is 6.37. The predicted octanol–water partition coefficient (Wildman–Crippen LogP) is 2.34. The molecule has 0 heterocycles. The molecule has 0 bridgehead atoms. The van der Waals surface area contributed by atoms with Crippen LogP contribution in [0, 0.1) is 11.6 Å². The van der Waals surface area contributed by atoms with Gasteiger partial charge in [-0.05, 0) is 32.9 Å². The molecule has 1 aromatic rings. The van der Waals surface area contributed by atoms with Crippen LogP contribution in [0.1, 0.15) is 20.8 Å². The minimum atomic E-state index is -0.879. The molecule has 1 rings (SSSR count). The fourth-order valence-electron chi connectivity index (χ4n) is 1.56. The smallest absolute Gasteiger partial charge is 0.322 e. The van der Waals surface area contributed by atoms with Gasteiger partial charge >= 0.3 is 6.03 Å². The number of anilines is 1. The lowest BCUT2D eigenvalue weighted by molar-refractivity contribution is -0.122. The van der Waals surface area contributed by atoms with Gasteiger partial charge in [0.1, 0.15) is 23.9 Å². The van der Waals surface area contributed by atoms with E-state index in [4.69, 9.17) is 0 Å². The average Bonchev–Trinajstić information content (AvgIpc) is 2.31. The summed E-state index contributed by atoms with van der Waals surface area (Å²) < 4.78 is 26.8. The Morgan fingerprint density at radius 2 is 1.71 bits per heavy atom. The molecule has 0 spiro atoms. The predicted molar refractivity (Wildman–Crippen MR) is 75.9 cm³/mol. The number of nitrogens with one attached hydrogen (secondary N) is 2. The van der Waals surface area contributed by atoms with E-state index in [0.717, 1.165) is 17.0 Å². The number of rotatable bonds is 3. The highest BCUT2D eigenvalue weighted by atomic mass is 19.1. The van der Waals surface area contributed by atoms with Crippen LogP contribution in [-0.4, -0.2) is 36.0 Å². The quantitative estimate of drug-likeness (QED) is 0.900. The molecule has 3 amide bonds. The minimum Gasteiger partial charge on any atom is -0.350 e. The van der Waals surface area contributed by atoms with Gasteiger partial charge in [0.25, 0.3) is 0 Å². The maximum Gasteiger partial charge on any atom is 0.322 e. The third-order valence-electron chi connectivity index (χ3n) is 2.44. The summed E-state index contributed by atoms with van der Waals surface area (Å²) in [6, 6.07) is 2.49. The van der Waals surface area contributed by atoms with Crippen molar-refractivity contribution in [1.82, 2.24) is 10.2 Å². The minimum absolute atomic E-state index is 0.223. The fraction of sp³-hybridized carbons (Fsp3) is 0.429. The molecule has 1 aromatic carbocycles. The zero-order valence-corrected chi connectivity index (χ0v) is 12.5. The molecule has 0 atom stereocenters. The highest BCUT2D eigenvalue weighted by molar-refractivity contribution is 5.92. The Bertz CT molecular complexity index is 521. The van der Waals surface area contributed by atoms with E-state index < -0.39 is 28.9 Å². The van der Waals surface area contributed by atoms with E-state index in [1.165, 1.54) is 13.1 Å². The van der Waals surface area contributed by atoms with Gasteiger partial charge in [-0.2, -0.15) is 0 Å². The fourth-order valence-corrected chi connectivity index (χ4v) is 1.56. The van der Waals surface area contributed by atoms with Crippen LogP contribution in [0.4, 0.5) is 19.3 Å². The van der Waals surface area contributed by atoms with Crippen LogP contribution in [0.25, 0.3) is 0 Å². The van der Waals surface area contributed by atoms with E-state index in [-0.39, 0.29) is 12.5 Å². The van der Waals surface area contributed by atoms with Crippen LogP contribution in [-0.2, 0) is 4.79 Å². The van der Waals surface area contributed by atoms with Crippen molar-refractivity contribution in [3.05, 3.63) is 29.8 Å². The van der Waals surface area contributed by atoms with E-state index in [0.29, 0.717) is 0 Å². The molecule has 0 saturated carbocycles. The summed E-state index contributed by atoms with van der Waals surface area (Å²) in [6.45, 7) is 5.19. The van der Waals surface area contributed by atoms with Crippen LogP contribution in [0.5, 0.6) is 0 Å². The van der Waals surface area contributed by atoms with E-state index >= 15 is 0 Å². The maximum absolute atomic E-state index is 13.4. The SMILES string of the molecule is CN(CC(=O)NC(C)(C)C)C(=O)Nc1c(F)cccc1F. The molecule has 5 nitrogen and oxygen atoms in total. The van der Waals surface area contributed by atoms with Gasteiger partial charge in [0.2, 0.25) is 5.91 Å². The highest BCUT2D eigenvalue weighted by Crippen LogP contribution is 2.18. The lowest BCUT2D eigenvalue weighted by Gasteiger charge is -2.23. The van der Waals surface area contributed by atoms with Crippen LogP contribution in [0.15, 0.2) is 18.2 Å². The summed E-state index contributed by atoms with van der Waals surface area (Å²) in [5, 5.41) is 4.79. The Morgan fingerprint density at radius 3 is 2.19 bits per heavy atom. The van der Waals surface area contributed by atoms with E-state index in [1.54, 1.807) is 20.8 Å². The van der Waals surface area contributed by atoms with E-state index in [1.807, 2.05) is 0 Å². The van der Waals surface area contributed by atoms with Crippen molar-refractivity contribution in [3.63, 3.8) is 0 Å². The van der Waals surface area contributed by atoms with Crippen LogP contribution < -0.4 is 10.6 Å². The second-order valence-electron chi connectivity index (χ2n) is 5.68. The van der Waals surface area contributed by atoms with Gasteiger partial charge in [-0.15, -0.1) is 0 Å². The van der Waals surface area contributed by atoms with Crippen molar-refractivity contribution in [1.29, 1.82) is 0 Å². The molecule has 2 N–H and O–H groups in total. The molecule has 0 radical (unpaired) electrons. The number of hydrogen-bond acceptors (Lipinski definition) is 2. The first-order valence-corrected chi connectivity index (χ1v) is 6.37. The highest BCUT2D eigenvalue weighted by Gasteiger charge is 2.19.